The topological polar surface area (TPSA) is 32.3 Å². The van der Waals surface area contributed by atoms with Crippen molar-refractivity contribution in [2.45, 2.75) is 58.9 Å². The van der Waals surface area contributed by atoms with E-state index in [4.69, 9.17) is 0 Å². The molecular weight excluding hydrogens is 272 g/mol. The van der Waals surface area contributed by atoms with Crippen molar-refractivity contribution in [2.75, 3.05) is 18.0 Å². The molecule has 1 atom stereocenters. The van der Waals surface area contributed by atoms with E-state index in [9.17, 15) is 4.79 Å². The number of amides is 1. The molecule has 0 bridgehead atoms. The Labute approximate surface area is 135 Å². The Kier molecular flexibility index (Phi) is 6.29. The van der Waals surface area contributed by atoms with Gasteiger partial charge in [-0.2, -0.15) is 0 Å². The molecule has 1 fully saturated rings. The predicted molar refractivity (Wildman–Crippen MR) is 93.1 cm³/mol. The quantitative estimate of drug-likeness (QED) is 0.850. The molecule has 0 spiro atoms. The first-order valence-electron chi connectivity index (χ1n) is 8.75. The van der Waals surface area contributed by atoms with Crippen molar-refractivity contribution in [3.05, 3.63) is 29.8 Å². The first kappa shape index (κ1) is 16.9. The number of piperidine rings is 1. The third-order valence-electron chi connectivity index (χ3n) is 4.37. The highest BCUT2D eigenvalue weighted by molar-refractivity contribution is 5.76. The molecule has 1 N–H and O–H groups in total. The minimum Gasteiger partial charge on any atom is -0.371 e. The van der Waals surface area contributed by atoms with Gasteiger partial charge in [-0.25, -0.2) is 0 Å². The molecule has 1 saturated heterocycles. The zero-order chi connectivity index (χ0) is 15.9. The molecule has 0 radical (unpaired) electrons. The number of benzene rings is 1. The maximum Gasteiger partial charge on any atom is 0.220 e. The van der Waals surface area contributed by atoms with Gasteiger partial charge in [0.25, 0.3) is 0 Å². The van der Waals surface area contributed by atoms with Crippen molar-refractivity contribution in [3.8, 4) is 0 Å². The molecule has 1 aliphatic heterocycles. The fourth-order valence-corrected chi connectivity index (χ4v) is 3.24. The van der Waals surface area contributed by atoms with Crippen LogP contribution in [0.4, 0.5) is 5.69 Å². The van der Waals surface area contributed by atoms with Crippen LogP contribution in [0.2, 0.25) is 0 Å². The number of hydrogen-bond acceptors (Lipinski definition) is 2. The second-order valence-electron chi connectivity index (χ2n) is 6.71. The van der Waals surface area contributed by atoms with Gasteiger partial charge in [0.2, 0.25) is 5.91 Å². The highest BCUT2D eigenvalue weighted by Crippen LogP contribution is 2.32. The zero-order valence-corrected chi connectivity index (χ0v) is 14.3. The van der Waals surface area contributed by atoms with E-state index in [-0.39, 0.29) is 11.9 Å². The third-order valence-corrected chi connectivity index (χ3v) is 4.37. The van der Waals surface area contributed by atoms with E-state index >= 15 is 0 Å². The second-order valence-corrected chi connectivity index (χ2v) is 6.71. The van der Waals surface area contributed by atoms with E-state index < -0.39 is 0 Å². The number of carbonyl (C=O) groups excluding carboxylic acids is 1. The first-order chi connectivity index (χ1) is 10.6. The van der Waals surface area contributed by atoms with E-state index in [0.717, 1.165) is 19.5 Å². The standard InChI is InChI=1S/C19H30N2O/c1-4-19(22)20-17(14-15(2)3)16-10-6-7-11-18(16)21-12-8-5-9-13-21/h6-7,10-11,15,17H,4-5,8-9,12-14H2,1-3H3,(H,20,22). The Hall–Kier alpha value is -1.51. The lowest BCUT2D eigenvalue weighted by Gasteiger charge is -2.33. The van der Waals surface area contributed by atoms with Crippen LogP contribution < -0.4 is 10.2 Å². The molecule has 0 aliphatic carbocycles. The summed E-state index contributed by atoms with van der Waals surface area (Å²) in [5, 5.41) is 3.23. The molecule has 1 unspecified atom stereocenters. The van der Waals surface area contributed by atoms with Gasteiger partial charge in [0.1, 0.15) is 0 Å². The summed E-state index contributed by atoms with van der Waals surface area (Å²) in [4.78, 5) is 14.4. The smallest absolute Gasteiger partial charge is 0.220 e. The lowest BCUT2D eigenvalue weighted by atomic mass is 9.94. The fraction of sp³-hybridized carbons (Fsp3) is 0.632. The number of anilines is 1. The van der Waals surface area contributed by atoms with E-state index in [0.29, 0.717) is 12.3 Å². The van der Waals surface area contributed by atoms with Gasteiger partial charge in [0, 0.05) is 25.2 Å². The predicted octanol–water partition coefficient (Wildman–Crippen LogP) is 4.29. The van der Waals surface area contributed by atoms with Crippen LogP contribution in [0.15, 0.2) is 24.3 Å². The van der Waals surface area contributed by atoms with Gasteiger partial charge in [0.05, 0.1) is 6.04 Å². The number of hydrogen-bond donors (Lipinski definition) is 1. The van der Waals surface area contributed by atoms with Crippen molar-refractivity contribution >= 4 is 11.6 Å². The number of rotatable bonds is 6. The highest BCUT2D eigenvalue weighted by Gasteiger charge is 2.21. The molecule has 1 amide bonds. The van der Waals surface area contributed by atoms with Crippen LogP contribution in [0.3, 0.4) is 0 Å². The molecule has 1 aromatic carbocycles. The zero-order valence-electron chi connectivity index (χ0n) is 14.3. The van der Waals surface area contributed by atoms with Crippen molar-refractivity contribution in [1.29, 1.82) is 0 Å². The van der Waals surface area contributed by atoms with Crippen molar-refractivity contribution in [1.82, 2.24) is 5.32 Å². The minimum absolute atomic E-state index is 0.116. The SMILES string of the molecule is CCC(=O)NC(CC(C)C)c1ccccc1N1CCCCC1. The third kappa shape index (κ3) is 4.49. The van der Waals surface area contributed by atoms with Crippen LogP contribution in [0.25, 0.3) is 0 Å². The van der Waals surface area contributed by atoms with Gasteiger partial charge in [-0.1, -0.05) is 39.0 Å². The molecule has 2 rings (SSSR count). The van der Waals surface area contributed by atoms with Gasteiger partial charge in [-0.15, -0.1) is 0 Å². The largest absolute Gasteiger partial charge is 0.371 e. The summed E-state index contributed by atoms with van der Waals surface area (Å²) in [5.41, 5.74) is 2.59. The van der Waals surface area contributed by atoms with E-state index in [1.165, 1.54) is 30.5 Å². The second kappa shape index (κ2) is 8.21. The van der Waals surface area contributed by atoms with Gasteiger partial charge in [-0.3, -0.25) is 4.79 Å². The summed E-state index contributed by atoms with van der Waals surface area (Å²) in [5.74, 6) is 0.690. The molecular formula is C19H30N2O. The number of para-hydroxylation sites is 1. The molecule has 1 aliphatic rings. The monoisotopic (exact) mass is 302 g/mol. The number of nitrogens with zero attached hydrogens (tertiary/aromatic N) is 1. The van der Waals surface area contributed by atoms with E-state index in [2.05, 4.69) is 48.3 Å². The van der Waals surface area contributed by atoms with Crippen LogP contribution in [0, 0.1) is 5.92 Å². The first-order valence-corrected chi connectivity index (χ1v) is 8.75. The minimum atomic E-state index is 0.116. The lowest BCUT2D eigenvalue weighted by molar-refractivity contribution is -0.121. The van der Waals surface area contributed by atoms with Crippen LogP contribution in [0.5, 0.6) is 0 Å². The Balaban J connectivity index is 2.27. The average molecular weight is 302 g/mol. The molecule has 0 aromatic heterocycles. The maximum absolute atomic E-state index is 11.9. The Morgan fingerprint density at radius 2 is 1.86 bits per heavy atom. The summed E-state index contributed by atoms with van der Waals surface area (Å²) in [6, 6.07) is 8.72. The van der Waals surface area contributed by atoms with Crippen LogP contribution in [-0.2, 0) is 4.79 Å². The molecule has 1 heterocycles. The van der Waals surface area contributed by atoms with E-state index in [1.54, 1.807) is 0 Å². The van der Waals surface area contributed by atoms with Crippen molar-refractivity contribution in [3.63, 3.8) is 0 Å². The Morgan fingerprint density at radius 3 is 2.50 bits per heavy atom. The summed E-state index contributed by atoms with van der Waals surface area (Å²) >= 11 is 0. The summed E-state index contributed by atoms with van der Waals surface area (Å²) in [7, 11) is 0. The average Bonchev–Trinajstić information content (AvgIpc) is 2.54. The van der Waals surface area contributed by atoms with Crippen LogP contribution in [0.1, 0.15) is 64.5 Å². The number of carbonyl (C=O) groups is 1. The fourth-order valence-electron chi connectivity index (χ4n) is 3.24. The summed E-state index contributed by atoms with van der Waals surface area (Å²) in [6.07, 6.45) is 5.40. The Morgan fingerprint density at radius 1 is 1.18 bits per heavy atom. The molecule has 3 heteroatoms. The van der Waals surface area contributed by atoms with E-state index in [1.807, 2.05) is 6.92 Å². The van der Waals surface area contributed by atoms with Crippen molar-refractivity contribution < 1.29 is 4.79 Å². The van der Waals surface area contributed by atoms with Crippen molar-refractivity contribution in [2.24, 2.45) is 5.92 Å². The van der Waals surface area contributed by atoms with Gasteiger partial charge >= 0.3 is 0 Å². The number of nitrogens with one attached hydrogen (secondary N) is 1. The summed E-state index contributed by atoms with van der Waals surface area (Å²) in [6.45, 7) is 8.61. The van der Waals surface area contributed by atoms with Gasteiger partial charge < -0.3 is 10.2 Å². The normalized spacial score (nSPS) is 16.6. The molecule has 1 aromatic rings. The molecule has 0 saturated carbocycles. The van der Waals surface area contributed by atoms with Crippen LogP contribution >= 0.6 is 0 Å². The Bertz CT molecular complexity index is 478. The maximum atomic E-state index is 11.9. The molecule has 22 heavy (non-hydrogen) atoms. The van der Waals surface area contributed by atoms with Crippen LogP contribution in [-0.4, -0.2) is 19.0 Å². The van der Waals surface area contributed by atoms with Gasteiger partial charge in [-0.05, 0) is 43.2 Å². The molecule has 3 nitrogen and oxygen atoms in total. The highest BCUT2D eigenvalue weighted by atomic mass is 16.1. The summed E-state index contributed by atoms with van der Waals surface area (Å²) < 4.78 is 0. The lowest BCUT2D eigenvalue weighted by Crippen LogP contribution is -2.33. The van der Waals surface area contributed by atoms with Gasteiger partial charge in [0.15, 0.2) is 0 Å². The molecule has 122 valence electrons.